The second-order valence-corrected chi connectivity index (χ2v) is 3.97. The van der Waals surface area contributed by atoms with Crippen LogP contribution in [0.4, 0.5) is 0 Å². The standard InChI is InChI=1S/C13H20N2O3/c1-4-11(9-17-2)15-8-12-6-5-10(7-14-12)13(16)18-3/h5-7,11,15H,4,8-9H2,1-3H3. The van der Waals surface area contributed by atoms with E-state index in [2.05, 4.69) is 22.0 Å². The Balaban J connectivity index is 2.50. The largest absolute Gasteiger partial charge is 0.465 e. The van der Waals surface area contributed by atoms with Crippen molar-refractivity contribution in [2.75, 3.05) is 20.8 Å². The van der Waals surface area contributed by atoms with Crippen LogP contribution in [-0.4, -0.2) is 37.8 Å². The number of hydrogen-bond donors (Lipinski definition) is 1. The summed E-state index contributed by atoms with van der Waals surface area (Å²) in [5.41, 5.74) is 1.35. The lowest BCUT2D eigenvalue weighted by Gasteiger charge is -2.15. The van der Waals surface area contributed by atoms with Gasteiger partial charge in [0.05, 0.1) is 25.0 Å². The molecule has 1 aromatic rings. The van der Waals surface area contributed by atoms with Crippen molar-refractivity contribution in [1.29, 1.82) is 0 Å². The normalized spacial score (nSPS) is 12.2. The molecule has 0 amide bonds. The lowest BCUT2D eigenvalue weighted by molar-refractivity contribution is 0.0600. The van der Waals surface area contributed by atoms with Crippen LogP contribution in [0.15, 0.2) is 18.3 Å². The van der Waals surface area contributed by atoms with Crippen LogP contribution < -0.4 is 5.32 Å². The monoisotopic (exact) mass is 252 g/mol. The summed E-state index contributed by atoms with van der Waals surface area (Å²) in [6.45, 7) is 3.44. The quantitative estimate of drug-likeness (QED) is 0.743. The molecule has 0 aliphatic heterocycles. The third-order valence-corrected chi connectivity index (χ3v) is 2.68. The van der Waals surface area contributed by atoms with Gasteiger partial charge in [0.1, 0.15) is 0 Å². The zero-order valence-corrected chi connectivity index (χ0v) is 11.1. The lowest BCUT2D eigenvalue weighted by Crippen LogP contribution is -2.32. The van der Waals surface area contributed by atoms with Crippen LogP contribution in [-0.2, 0) is 16.0 Å². The molecule has 1 atom stereocenters. The van der Waals surface area contributed by atoms with Crippen molar-refractivity contribution in [2.24, 2.45) is 0 Å². The number of rotatable bonds is 7. The van der Waals surface area contributed by atoms with E-state index in [-0.39, 0.29) is 5.97 Å². The first-order valence-electron chi connectivity index (χ1n) is 5.96. The van der Waals surface area contributed by atoms with Gasteiger partial charge in [-0.1, -0.05) is 6.92 Å². The fraction of sp³-hybridized carbons (Fsp3) is 0.538. The molecule has 0 aliphatic carbocycles. The van der Waals surface area contributed by atoms with E-state index in [0.717, 1.165) is 12.1 Å². The molecule has 1 rings (SSSR count). The minimum atomic E-state index is -0.368. The van der Waals surface area contributed by atoms with E-state index in [0.29, 0.717) is 24.8 Å². The van der Waals surface area contributed by atoms with Crippen molar-refractivity contribution >= 4 is 5.97 Å². The first kappa shape index (κ1) is 14.6. The summed E-state index contributed by atoms with van der Waals surface area (Å²) in [5.74, 6) is -0.368. The fourth-order valence-electron chi connectivity index (χ4n) is 1.54. The number of nitrogens with zero attached hydrogens (tertiary/aromatic N) is 1. The Kier molecular flexibility index (Phi) is 6.32. The highest BCUT2D eigenvalue weighted by Gasteiger charge is 2.07. The molecule has 0 bridgehead atoms. The van der Waals surface area contributed by atoms with E-state index < -0.39 is 0 Å². The molecule has 0 saturated heterocycles. The van der Waals surface area contributed by atoms with Crippen LogP contribution in [0.3, 0.4) is 0 Å². The topological polar surface area (TPSA) is 60.5 Å². The maximum absolute atomic E-state index is 11.2. The first-order chi connectivity index (χ1) is 8.71. The molecule has 0 fully saturated rings. The van der Waals surface area contributed by atoms with Gasteiger partial charge in [-0.3, -0.25) is 4.98 Å². The third kappa shape index (κ3) is 4.43. The number of esters is 1. The fourth-order valence-corrected chi connectivity index (χ4v) is 1.54. The molecule has 18 heavy (non-hydrogen) atoms. The Morgan fingerprint density at radius 2 is 2.22 bits per heavy atom. The van der Waals surface area contributed by atoms with Crippen molar-refractivity contribution in [3.63, 3.8) is 0 Å². The maximum atomic E-state index is 11.2. The van der Waals surface area contributed by atoms with Crippen molar-refractivity contribution < 1.29 is 14.3 Å². The molecule has 1 heterocycles. The average molecular weight is 252 g/mol. The molecular formula is C13H20N2O3. The maximum Gasteiger partial charge on any atom is 0.339 e. The molecule has 0 aromatic carbocycles. The zero-order chi connectivity index (χ0) is 13.4. The van der Waals surface area contributed by atoms with Gasteiger partial charge in [0, 0.05) is 25.9 Å². The number of pyridine rings is 1. The summed E-state index contributed by atoms with van der Waals surface area (Å²) in [5, 5.41) is 3.35. The van der Waals surface area contributed by atoms with Gasteiger partial charge in [0.25, 0.3) is 0 Å². The summed E-state index contributed by atoms with van der Waals surface area (Å²) in [6.07, 6.45) is 2.52. The Hall–Kier alpha value is -1.46. The Morgan fingerprint density at radius 3 is 2.72 bits per heavy atom. The molecule has 5 nitrogen and oxygen atoms in total. The zero-order valence-electron chi connectivity index (χ0n) is 11.1. The first-order valence-corrected chi connectivity index (χ1v) is 5.96. The molecule has 0 radical (unpaired) electrons. The summed E-state index contributed by atoms with van der Waals surface area (Å²) in [6, 6.07) is 3.85. The van der Waals surface area contributed by atoms with Gasteiger partial charge >= 0.3 is 5.97 Å². The van der Waals surface area contributed by atoms with Gasteiger partial charge in [-0.2, -0.15) is 0 Å². The Bertz CT molecular complexity index is 365. The summed E-state index contributed by atoms with van der Waals surface area (Å²) >= 11 is 0. The Morgan fingerprint density at radius 1 is 1.44 bits per heavy atom. The summed E-state index contributed by atoms with van der Waals surface area (Å²) < 4.78 is 9.72. The number of hydrogen-bond acceptors (Lipinski definition) is 5. The minimum absolute atomic E-state index is 0.317. The van der Waals surface area contributed by atoms with E-state index in [9.17, 15) is 4.79 Å². The number of methoxy groups -OCH3 is 2. The molecule has 1 unspecified atom stereocenters. The van der Waals surface area contributed by atoms with E-state index in [1.165, 1.54) is 13.3 Å². The van der Waals surface area contributed by atoms with Crippen LogP contribution in [0.25, 0.3) is 0 Å². The molecule has 5 heteroatoms. The van der Waals surface area contributed by atoms with E-state index in [4.69, 9.17) is 4.74 Å². The molecule has 0 aliphatic rings. The van der Waals surface area contributed by atoms with Gasteiger partial charge in [-0.25, -0.2) is 4.79 Å². The van der Waals surface area contributed by atoms with E-state index in [1.807, 2.05) is 6.07 Å². The molecule has 0 saturated carbocycles. The molecule has 0 spiro atoms. The number of carbonyl (C=O) groups excluding carboxylic acids is 1. The second kappa shape index (κ2) is 7.79. The highest BCUT2D eigenvalue weighted by Crippen LogP contribution is 2.03. The van der Waals surface area contributed by atoms with Crippen LogP contribution in [0.2, 0.25) is 0 Å². The number of nitrogens with one attached hydrogen (secondary N) is 1. The van der Waals surface area contributed by atoms with Crippen molar-refractivity contribution in [3.8, 4) is 0 Å². The second-order valence-electron chi connectivity index (χ2n) is 3.97. The minimum Gasteiger partial charge on any atom is -0.465 e. The summed E-state index contributed by atoms with van der Waals surface area (Å²) in [7, 11) is 3.04. The van der Waals surface area contributed by atoms with Crippen LogP contribution in [0.5, 0.6) is 0 Å². The average Bonchev–Trinajstić information content (AvgIpc) is 2.43. The predicted molar refractivity (Wildman–Crippen MR) is 68.4 cm³/mol. The van der Waals surface area contributed by atoms with Crippen molar-refractivity contribution in [2.45, 2.75) is 25.9 Å². The molecule has 1 N–H and O–H groups in total. The van der Waals surface area contributed by atoms with E-state index in [1.54, 1.807) is 13.2 Å². The van der Waals surface area contributed by atoms with Crippen LogP contribution >= 0.6 is 0 Å². The van der Waals surface area contributed by atoms with Gasteiger partial charge in [-0.05, 0) is 18.6 Å². The number of carbonyl (C=O) groups is 1. The van der Waals surface area contributed by atoms with Gasteiger partial charge < -0.3 is 14.8 Å². The summed E-state index contributed by atoms with van der Waals surface area (Å²) in [4.78, 5) is 15.4. The molecule has 100 valence electrons. The Labute approximate surface area is 108 Å². The number of ether oxygens (including phenoxy) is 2. The number of aromatic nitrogens is 1. The SMILES string of the molecule is CCC(COC)NCc1ccc(C(=O)OC)cn1. The third-order valence-electron chi connectivity index (χ3n) is 2.68. The van der Waals surface area contributed by atoms with Gasteiger partial charge in [-0.15, -0.1) is 0 Å². The van der Waals surface area contributed by atoms with Crippen LogP contribution in [0, 0.1) is 0 Å². The van der Waals surface area contributed by atoms with Gasteiger partial charge in [0.15, 0.2) is 0 Å². The highest BCUT2D eigenvalue weighted by molar-refractivity contribution is 5.88. The van der Waals surface area contributed by atoms with Crippen molar-refractivity contribution in [3.05, 3.63) is 29.6 Å². The van der Waals surface area contributed by atoms with Crippen molar-refractivity contribution in [1.82, 2.24) is 10.3 Å². The smallest absolute Gasteiger partial charge is 0.339 e. The molecular weight excluding hydrogens is 232 g/mol. The van der Waals surface area contributed by atoms with E-state index >= 15 is 0 Å². The lowest BCUT2D eigenvalue weighted by atomic mass is 10.2. The van der Waals surface area contributed by atoms with Crippen LogP contribution in [0.1, 0.15) is 29.4 Å². The van der Waals surface area contributed by atoms with Gasteiger partial charge in [0.2, 0.25) is 0 Å². The molecule has 1 aromatic heterocycles. The predicted octanol–water partition coefficient (Wildman–Crippen LogP) is 1.38. The highest BCUT2D eigenvalue weighted by atomic mass is 16.5.